The number of hydrogen-bond donors (Lipinski definition) is 2. The Labute approximate surface area is 122 Å². The molecule has 1 saturated heterocycles. The lowest BCUT2D eigenvalue weighted by Gasteiger charge is -2.36. The lowest BCUT2D eigenvalue weighted by atomic mass is 10.0. The molecule has 122 valence electrons. The molecular weight excluding hydrogens is 328 g/mol. The lowest BCUT2D eigenvalue weighted by molar-refractivity contribution is -0.132. The third-order valence-corrected chi connectivity index (χ3v) is 3.91. The number of carbonyl (C=O) groups is 2. The maximum atomic E-state index is 11.4. The molecule has 1 fully saturated rings. The summed E-state index contributed by atoms with van der Waals surface area (Å²) < 4.78 is 52.4. The molecule has 0 radical (unpaired) electrons. The van der Waals surface area contributed by atoms with Gasteiger partial charge in [0.15, 0.2) is 9.84 Å². The number of sulfone groups is 1. The van der Waals surface area contributed by atoms with Crippen LogP contribution in [-0.4, -0.2) is 72.4 Å². The Balaban J connectivity index is 2.38. The zero-order valence-corrected chi connectivity index (χ0v) is 13.0. The predicted molar refractivity (Wildman–Crippen MR) is 70.7 cm³/mol. The van der Waals surface area contributed by atoms with Crippen LogP contribution in [0.1, 0.15) is 0 Å². The smallest absolute Gasteiger partial charge is 0.407 e. The van der Waals surface area contributed by atoms with Crippen molar-refractivity contribution in [2.75, 3.05) is 31.5 Å². The third-order valence-electron chi connectivity index (χ3n) is 2.43. The fourth-order valence-corrected chi connectivity index (χ4v) is 2.18. The molecule has 0 unspecified atom stereocenters. The highest BCUT2D eigenvalue weighted by molar-refractivity contribution is 7.90. The number of rotatable bonds is 7. The van der Waals surface area contributed by atoms with Crippen molar-refractivity contribution in [2.24, 2.45) is 0 Å². The third kappa shape index (κ3) is 6.73. The van der Waals surface area contributed by atoms with Gasteiger partial charge in [-0.2, -0.15) is 8.42 Å². The zero-order valence-electron chi connectivity index (χ0n) is 11.4. The van der Waals surface area contributed by atoms with Crippen molar-refractivity contribution in [2.45, 2.75) is 12.1 Å². The molecule has 21 heavy (non-hydrogen) atoms. The number of hydrogen-bond acceptors (Lipinski definition) is 8. The van der Waals surface area contributed by atoms with Gasteiger partial charge in [-0.1, -0.05) is 0 Å². The highest BCUT2D eigenvalue weighted by Gasteiger charge is 2.41. The Morgan fingerprint density at radius 3 is 2.38 bits per heavy atom. The molecule has 1 aliphatic rings. The van der Waals surface area contributed by atoms with E-state index >= 15 is 0 Å². The van der Waals surface area contributed by atoms with E-state index in [1.165, 1.54) is 0 Å². The van der Waals surface area contributed by atoms with E-state index < -0.39 is 44.0 Å². The molecule has 12 heteroatoms. The van der Waals surface area contributed by atoms with E-state index in [0.29, 0.717) is 0 Å². The number of nitrogens with one attached hydrogen (secondary N) is 2. The van der Waals surface area contributed by atoms with Crippen molar-refractivity contribution in [3.8, 4) is 0 Å². The van der Waals surface area contributed by atoms with E-state index in [1.54, 1.807) is 0 Å². The fourth-order valence-electron chi connectivity index (χ4n) is 1.40. The average Bonchev–Trinajstić information content (AvgIpc) is 2.28. The summed E-state index contributed by atoms with van der Waals surface area (Å²) in [4.78, 5) is 22.6. The summed E-state index contributed by atoms with van der Waals surface area (Å²) >= 11 is 0. The van der Waals surface area contributed by atoms with Crippen molar-refractivity contribution in [3.05, 3.63) is 0 Å². The van der Waals surface area contributed by atoms with Gasteiger partial charge in [0.25, 0.3) is 10.1 Å². The molecule has 0 saturated carbocycles. The molecule has 0 aromatic carbocycles. The van der Waals surface area contributed by atoms with Gasteiger partial charge in [0.1, 0.15) is 12.6 Å². The number of carbonyl (C=O) groups excluding carboxylic acids is 2. The summed E-state index contributed by atoms with van der Waals surface area (Å²) in [6, 6.07) is -1.69. The van der Waals surface area contributed by atoms with Crippen LogP contribution in [0.5, 0.6) is 0 Å². The van der Waals surface area contributed by atoms with E-state index in [1.807, 2.05) is 0 Å². The maximum absolute atomic E-state index is 11.4. The van der Waals surface area contributed by atoms with Gasteiger partial charge >= 0.3 is 6.09 Å². The Kier molecular flexibility index (Phi) is 5.53. The molecule has 2 N–H and O–H groups in total. The Hall–Kier alpha value is -1.40. The van der Waals surface area contributed by atoms with Crippen LogP contribution in [-0.2, 0) is 33.7 Å². The van der Waals surface area contributed by atoms with Gasteiger partial charge in [0.05, 0.1) is 24.7 Å². The van der Waals surface area contributed by atoms with E-state index in [9.17, 15) is 26.4 Å². The molecule has 1 aliphatic heterocycles. The molecule has 1 rings (SSSR count). The van der Waals surface area contributed by atoms with Gasteiger partial charge in [0.2, 0.25) is 5.91 Å². The minimum absolute atomic E-state index is 0.321. The maximum Gasteiger partial charge on any atom is 0.407 e. The normalized spacial score (nSPS) is 22.1. The highest BCUT2D eigenvalue weighted by Crippen LogP contribution is 2.08. The van der Waals surface area contributed by atoms with Crippen LogP contribution < -0.4 is 10.6 Å². The fraction of sp³-hybridized carbons (Fsp3) is 0.778. The summed E-state index contributed by atoms with van der Waals surface area (Å²) in [6.07, 6.45) is 0.879. The molecule has 2 atom stereocenters. The Bertz CT molecular complexity index is 612. The first-order chi connectivity index (χ1) is 9.48. The predicted octanol–water partition coefficient (Wildman–Crippen LogP) is -2.40. The van der Waals surface area contributed by atoms with Crippen LogP contribution in [0.25, 0.3) is 0 Å². The molecule has 2 amide bonds. The molecule has 1 heterocycles. The first kappa shape index (κ1) is 17.7. The van der Waals surface area contributed by atoms with Crippen LogP contribution in [0.15, 0.2) is 0 Å². The first-order valence-corrected chi connectivity index (χ1v) is 9.61. The van der Waals surface area contributed by atoms with Crippen molar-refractivity contribution in [1.29, 1.82) is 0 Å². The summed E-state index contributed by atoms with van der Waals surface area (Å²) in [5.41, 5.74) is 0. The van der Waals surface area contributed by atoms with Gasteiger partial charge in [-0.3, -0.25) is 8.98 Å². The van der Waals surface area contributed by atoms with E-state index in [4.69, 9.17) is 0 Å². The van der Waals surface area contributed by atoms with Gasteiger partial charge in [-0.15, -0.1) is 0 Å². The van der Waals surface area contributed by atoms with E-state index in [-0.39, 0.29) is 19.0 Å². The molecule has 0 spiro atoms. The minimum Gasteiger partial charge on any atom is -0.448 e. The molecule has 0 bridgehead atoms. The Morgan fingerprint density at radius 1 is 1.29 bits per heavy atom. The molecule has 0 aromatic heterocycles. The summed E-state index contributed by atoms with van der Waals surface area (Å²) in [5, 5.41) is 4.55. The summed E-state index contributed by atoms with van der Waals surface area (Å²) in [5.74, 6) is -0.852. The number of alkyl carbamates (subject to hydrolysis) is 1. The SMILES string of the molecule is CS(=O)(=O)CCOC(=O)N[C@H]1C(=O)N[C@H]1COS(C)(=O)=O. The van der Waals surface area contributed by atoms with Crippen molar-refractivity contribution >= 4 is 32.0 Å². The molecular formula is C9H16N2O8S2. The number of amides is 2. The van der Waals surface area contributed by atoms with Crippen LogP contribution in [0, 0.1) is 0 Å². The van der Waals surface area contributed by atoms with Crippen LogP contribution in [0.4, 0.5) is 4.79 Å². The number of β-lactam (4-membered cyclic amide) rings is 1. The molecule has 0 aliphatic carbocycles. The first-order valence-electron chi connectivity index (χ1n) is 5.74. The monoisotopic (exact) mass is 344 g/mol. The number of ether oxygens (including phenoxy) is 1. The largest absolute Gasteiger partial charge is 0.448 e. The quantitative estimate of drug-likeness (QED) is 0.384. The van der Waals surface area contributed by atoms with Crippen molar-refractivity contribution < 1.29 is 35.3 Å². The van der Waals surface area contributed by atoms with Crippen LogP contribution in [0.3, 0.4) is 0 Å². The van der Waals surface area contributed by atoms with E-state index in [2.05, 4.69) is 19.6 Å². The summed E-state index contributed by atoms with van der Waals surface area (Å²) in [6.45, 7) is -0.664. The zero-order chi connectivity index (χ0) is 16.3. The van der Waals surface area contributed by atoms with Gasteiger partial charge in [0, 0.05) is 6.26 Å². The van der Waals surface area contributed by atoms with E-state index in [0.717, 1.165) is 12.5 Å². The summed E-state index contributed by atoms with van der Waals surface area (Å²) in [7, 11) is -6.91. The lowest BCUT2D eigenvalue weighted by Crippen LogP contribution is -2.70. The van der Waals surface area contributed by atoms with Crippen LogP contribution in [0.2, 0.25) is 0 Å². The van der Waals surface area contributed by atoms with Gasteiger partial charge in [-0.25, -0.2) is 13.2 Å². The minimum atomic E-state index is -3.66. The molecule has 10 nitrogen and oxygen atoms in total. The highest BCUT2D eigenvalue weighted by atomic mass is 32.2. The second kappa shape index (κ2) is 6.58. The Morgan fingerprint density at radius 2 is 1.90 bits per heavy atom. The average molecular weight is 344 g/mol. The van der Waals surface area contributed by atoms with Gasteiger partial charge < -0.3 is 15.4 Å². The standard InChI is InChI=1S/C9H16N2O8S2/c1-20(14,15)4-3-18-9(13)11-7-6(10-8(7)12)5-19-21(2,16)17/h6-7H,3-5H2,1-2H3,(H,10,12)(H,11,13)/t6-,7+/m0/s1. The topological polar surface area (TPSA) is 145 Å². The second-order valence-corrected chi connectivity index (χ2v) is 8.40. The van der Waals surface area contributed by atoms with Crippen LogP contribution >= 0.6 is 0 Å². The van der Waals surface area contributed by atoms with Gasteiger partial charge in [-0.05, 0) is 0 Å². The second-order valence-electron chi connectivity index (χ2n) is 4.49. The molecule has 0 aromatic rings. The van der Waals surface area contributed by atoms with Crippen molar-refractivity contribution in [1.82, 2.24) is 10.6 Å². The van der Waals surface area contributed by atoms with Crippen molar-refractivity contribution in [3.63, 3.8) is 0 Å².